The van der Waals surface area contributed by atoms with Gasteiger partial charge < -0.3 is 10.1 Å². The molecule has 1 rings (SSSR count). The van der Waals surface area contributed by atoms with Crippen molar-refractivity contribution in [3.8, 4) is 0 Å². The molecule has 0 bridgehead atoms. The summed E-state index contributed by atoms with van der Waals surface area (Å²) in [6.07, 6.45) is 0. The van der Waals surface area contributed by atoms with E-state index in [1.807, 2.05) is 30.3 Å². The number of nitrogens with zero attached hydrogens (tertiary/aromatic N) is 1. The molecule has 3 N–H and O–H groups in total. The molecule has 1 aromatic carbocycles. The van der Waals surface area contributed by atoms with Gasteiger partial charge >= 0.3 is 18.1 Å². The molecule has 0 aromatic heterocycles. The quantitative estimate of drug-likeness (QED) is 0.345. The zero-order valence-electron chi connectivity index (χ0n) is 13.0. The first-order valence-corrected chi connectivity index (χ1v) is 7.47. The highest BCUT2D eigenvalue weighted by atomic mass is 32.2. The van der Waals surface area contributed by atoms with Gasteiger partial charge in [-0.05, 0) is 37.9 Å². The second-order valence-corrected chi connectivity index (χ2v) is 5.82. The number of rotatable bonds is 3. The van der Waals surface area contributed by atoms with Crippen molar-refractivity contribution < 1.29 is 18.8 Å². The lowest BCUT2D eigenvalue weighted by Crippen LogP contribution is -2.64. The highest BCUT2D eigenvalue weighted by Gasteiger charge is 2.48. The first-order chi connectivity index (χ1) is 10.3. The van der Waals surface area contributed by atoms with Crippen molar-refractivity contribution in [2.24, 2.45) is 0 Å². The minimum atomic E-state index is -0.950. The Morgan fingerprint density at radius 2 is 1.82 bits per heavy atom. The molecule has 0 aliphatic heterocycles. The molecule has 0 saturated carbocycles. The Hall–Kier alpha value is -2.06. The Kier molecular flexibility index (Phi) is 6.39. The number of nitrogens with one attached hydrogen (secondary N) is 3. The van der Waals surface area contributed by atoms with Crippen molar-refractivity contribution in [1.29, 1.82) is 5.41 Å². The van der Waals surface area contributed by atoms with Crippen LogP contribution >= 0.6 is 11.9 Å². The molecule has 0 fully saturated rings. The van der Waals surface area contributed by atoms with Gasteiger partial charge in [-0.25, -0.2) is 19.7 Å². The maximum atomic E-state index is 12.4. The van der Waals surface area contributed by atoms with E-state index >= 15 is 0 Å². The second-order valence-electron chi connectivity index (χ2n) is 4.94. The summed E-state index contributed by atoms with van der Waals surface area (Å²) in [6.45, 7) is 3.55. The average molecular weight is 325 g/mol. The number of quaternary nitrogens is 1. The van der Waals surface area contributed by atoms with Gasteiger partial charge in [0, 0.05) is 10.9 Å². The van der Waals surface area contributed by atoms with Crippen LogP contribution in [0.15, 0.2) is 35.2 Å². The van der Waals surface area contributed by atoms with Gasteiger partial charge in [-0.1, -0.05) is 22.7 Å². The monoisotopic (exact) mass is 325 g/mol. The van der Waals surface area contributed by atoms with Crippen LogP contribution in [0.1, 0.15) is 13.8 Å². The maximum absolute atomic E-state index is 12.4. The van der Waals surface area contributed by atoms with Crippen LogP contribution in [0, 0.1) is 5.41 Å². The van der Waals surface area contributed by atoms with Crippen LogP contribution in [-0.2, 0) is 4.74 Å². The van der Waals surface area contributed by atoms with Gasteiger partial charge in [-0.2, -0.15) is 0 Å². The topological polar surface area (TPSA) is 91.3 Å². The standard InChI is InChI=1S/C14H20N4O3S/c1-10(2)16-13(19)18(3,12(15)21-4)14(20)17-22-11-8-6-5-7-9-11/h5-10,15H,1-4H3,(H-,16,17,19,20)/p+1. The predicted molar refractivity (Wildman–Crippen MR) is 85.4 cm³/mol. The summed E-state index contributed by atoms with van der Waals surface area (Å²) < 4.78 is 6.44. The maximum Gasteiger partial charge on any atom is 0.444 e. The molecule has 1 aromatic rings. The Morgan fingerprint density at radius 3 is 2.32 bits per heavy atom. The third-order valence-electron chi connectivity index (χ3n) is 2.82. The molecule has 0 spiro atoms. The lowest BCUT2D eigenvalue weighted by molar-refractivity contribution is -0.658. The van der Waals surface area contributed by atoms with Gasteiger partial charge in [-0.15, -0.1) is 0 Å². The number of hydrogen-bond donors (Lipinski definition) is 3. The van der Waals surface area contributed by atoms with Crippen LogP contribution in [0.25, 0.3) is 0 Å². The molecule has 0 aliphatic carbocycles. The largest absolute Gasteiger partial charge is 0.444 e. The number of benzene rings is 1. The number of imide groups is 1. The van der Waals surface area contributed by atoms with E-state index in [-0.39, 0.29) is 6.04 Å². The normalized spacial score (nSPS) is 13.1. The van der Waals surface area contributed by atoms with Crippen molar-refractivity contribution in [3.63, 3.8) is 0 Å². The number of hydrogen-bond acceptors (Lipinski definition) is 5. The number of amidine groups is 1. The highest BCUT2D eigenvalue weighted by Crippen LogP contribution is 2.16. The molecule has 120 valence electrons. The van der Waals surface area contributed by atoms with Crippen molar-refractivity contribution >= 4 is 30.0 Å². The number of ether oxygens (including phenoxy) is 1. The van der Waals surface area contributed by atoms with E-state index in [2.05, 4.69) is 10.0 Å². The molecule has 8 heteroatoms. The molecule has 22 heavy (non-hydrogen) atoms. The molecule has 0 saturated heterocycles. The fourth-order valence-corrected chi connectivity index (χ4v) is 2.20. The van der Waals surface area contributed by atoms with E-state index in [9.17, 15) is 9.59 Å². The smallest absolute Gasteiger partial charge is 0.439 e. The van der Waals surface area contributed by atoms with E-state index in [0.29, 0.717) is 0 Å². The van der Waals surface area contributed by atoms with Crippen LogP contribution in [0.4, 0.5) is 9.59 Å². The Bertz CT molecular complexity index is 550. The van der Waals surface area contributed by atoms with Crippen molar-refractivity contribution in [1.82, 2.24) is 10.0 Å². The number of amides is 4. The minimum Gasteiger partial charge on any atom is -0.439 e. The Morgan fingerprint density at radius 1 is 1.23 bits per heavy atom. The summed E-state index contributed by atoms with van der Waals surface area (Å²) in [5.41, 5.74) is 0. The van der Waals surface area contributed by atoms with E-state index in [0.717, 1.165) is 16.8 Å². The summed E-state index contributed by atoms with van der Waals surface area (Å²) in [6, 6.07) is 7.26. The summed E-state index contributed by atoms with van der Waals surface area (Å²) in [7, 11) is 2.56. The van der Waals surface area contributed by atoms with Crippen molar-refractivity contribution in [2.45, 2.75) is 24.8 Å². The molecule has 0 heterocycles. The minimum absolute atomic E-state index is 0.163. The van der Waals surface area contributed by atoms with Gasteiger partial charge in [0.05, 0.1) is 14.2 Å². The van der Waals surface area contributed by atoms with Crippen LogP contribution in [-0.4, -0.2) is 42.8 Å². The summed E-state index contributed by atoms with van der Waals surface area (Å²) in [5, 5.41) is 10.4. The summed E-state index contributed by atoms with van der Waals surface area (Å²) in [4.78, 5) is 25.5. The van der Waals surface area contributed by atoms with Crippen molar-refractivity contribution in [2.75, 3.05) is 14.2 Å². The third kappa shape index (κ3) is 4.22. The first kappa shape index (κ1) is 18.0. The lowest BCUT2D eigenvalue weighted by atomic mass is 10.4. The van der Waals surface area contributed by atoms with E-state index in [1.165, 1.54) is 14.2 Å². The third-order valence-corrected chi connectivity index (χ3v) is 3.61. The SMILES string of the molecule is COC(=N)[N+](C)(C(=O)NSc1ccccc1)C(=O)NC(C)C. The molecule has 7 nitrogen and oxygen atoms in total. The Labute approximate surface area is 134 Å². The molecular formula is C14H21N4O3S+. The van der Waals surface area contributed by atoms with Gasteiger partial charge in [0.2, 0.25) is 0 Å². The zero-order chi connectivity index (χ0) is 16.8. The zero-order valence-corrected chi connectivity index (χ0v) is 13.9. The molecular weight excluding hydrogens is 304 g/mol. The molecule has 4 amide bonds. The highest BCUT2D eigenvalue weighted by molar-refractivity contribution is 7.98. The summed E-state index contributed by atoms with van der Waals surface area (Å²) >= 11 is 1.07. The summed E-state index contributed by atoms with van der Waals surface area (Å²) in [5.74, 6) is 0. The fraction of sp³-hybridized carbons (Fsp3) is 0.357. The lowest BCUT2D eigenvalue weighted by Gasteiger charge is -2.26. The number of carbonyl (C=O) groups excluding carboxylic acids is 2. The van der Waals surface area contributed by atoms with Crippen LogP contribution in [0.5, 0.6) is 0 Å². The van der Waals surface area contributed by atoms with Crippen LogP contribution < -0.4 is 10.0 Å². The van der Waals surface area contributed by atoms with Gasteiger partial charge in [0.15, 0.2) is 0 Å². The van der Waals surface area contributed by atoms with Gasteiger partial charge in [0.25, 0.3) is 0 Å². The molecule has 1 unspecified atom stereocenters. The Balaban J connectivity index is 2.89. The van der Waals surface area contributed by atoms with Crippen LogP contribution in [0.3, 0.4) is 0 Å². The first-order valence-electron chi connectivity index (χ1n) is 6.65. The van der Waals surface area contributed by atoms with Gasteiger partial charge in [0.1, 0.15) is 0 Å². The second kappa shape index (κ2) is 7.81. The van der Waals surface area contributed by atoms with Crippen LogP contribution in [0.2, 0.25) is 0 Å². The fourth-order valence-electron chi connectivity index (χ4n) is 1.52. The number of methoxy groups -OCH3 is 1. The molecule has 0 radical (unpaired) electrons. The van der Waals surface area contributed by atoms with E-state index in [1.54, 1.807) is 13.8 Å². The predicted octanol–water partition coefficient (Wildman–Crippen LogP) is 2.55. The number of urea groups is 2. The molecule has 1 atom stereocenters. The van der Waals surface area contributed by atoms with E-state index in [4.69, 9.17) is 10.1 Å². The van der Waals surface area contributed by atoms with E-state index < -0.39 is 22.6 Å². The average Bonchev–Trinajstić information content (AvgIpc) is 2.51. The molecule has 0 aliphatic rings. The van der Waals surface area contributed by atoms with Gasteiger partial charge in [-0.3, -0.25) is 0 Å². The van der Waals surface area contributed by atoms with Crippen molar-refractivity contribution in [3.05, 3.63) is 30.3 Å². The number of carbonyl (C=O) groups is 2.